The Kier molecular flexibility index (Phi) is 15.8. The number of rotatable bonds is 18. The molecule has 0 aromatic heterocycles. The van der Waals surface area contributed by atoms with E-state index in [9.17, 15) is 34.2 Å². The molecule has 16 heteroatoms. The van der Waals surface area contributed by atoms with E-state index in [1.807, 2.05) is 6.26 Å². The highest BCUT2D eigenvalue weighted by Crippen LogP contribution is 2.04. The molecule has 4 amide bonds. The molecule has 0 bridgehead atoms. The molecule has 4 atom stereocenters. The summed E-state index contributed by atoms with van der Waals surface area (Å²) in [5, 5.41) is 25.8. The predicted molar refractivity (Wildman–Crippen MR) is 130 cm³/mol. The second-order valence-electron chi connectivity index (χ2n) is 7.55. The van der Waals surface area contributed by atoms with Crippen LogP contribution in [0.25, 0.3) is 0 Å². The van der Waals surface area contributed by atoms with Crippen molar-refractivity contribution >= 4 is 47.3 Å². The van der Waals surface area contributed by atoms with Crippen LogP contribution < -0.4 is 38.9 Å². The molecule has 35 heavy (non-hydrogen) atoms. The summed E-state index contributed by atoms with van der Waals surface area (Å²) in [6.07, 6.45) is 2.03. The van der Waals surface area contributed by atoms with E-state index >= 15 is 0 Å². The summed E-state index contributed by atoms with van der Waals surface area (Å²) in [6, 6.07) is -5.00. The third-order valence-electron chi connectivity index (χ3n) is 4.66. The van der Waals surface area contributed by atoms with Gasteiger partial charge in [-0.2, -0.15) is 11.8 Å². The van der Waals surface area contributed by atoms with Gasteiger partial charge in [-0.25, -0.2) is 4.79 Å². The van der Waals surface area contributed by atoms with Crippen LogP contribution >= 0.6 is 11.8 Å². The number of aliphatic imine (C=N–C) groups is 1. The third-order valence-corrected chi connectivity index (χ3v) is 5.30. The van der Waals surface area contributed by atoms with Gasteiger partial charge < -0.3 is 49.1 Å². The van der Waals surface area contributed by atoms with Gasteiger partial charge in [-0.15, -0.1) is 0 Å². The maximum atomic E-state index is 12.8. The van der Waals surface area contributed by atoms with Crippen molar-refractivity contribution in [1.82, 2.24) is 16.0 Å². The van der Waals surface area contributed by atoms with Crippen LogP contribution in [0.5, 0.6) is 0 Å². The number of carboxylic acids is 1. The highest BCUT2D eigenvalue weighted by Gasteiger charge is 2.30. The van der Waals surface area contributed by atoms with Crippen LogP contribution in [0.1, 0.15) is 32.1 Å². The zero-order valence-electron chi connectivity index (χ0n) is 19.6. The van der Waals surface area contributed by atoms with E-state index in [0.29, 0.717) is 18.6 Å². The lowest BCUT2D eigenvalue weighted by Gasteiger charge is -2.24. The molecule has 0 radical (unpaired) electrons. The Morgan fingerprint density at radius 1 is 0.886 bits per heavy atom. The predicted octanol–water partition coefficient (Wildman–Crippen LogP) is -4.08. The number of carbonyl (C=O) groups excluding carboxylic acids is 4. The first-order valence-electron chi connectivity index (χ1n) is 10.8. The van der Waals surface area contributed by atoms with Crippen LogP contribution in [0, 0.1) is 0 Å². The maximum absolute atomic E-state index is 12.8. The van der Waals surface area contributed by atoms with Crippen LogP contribution in [0.4, 0.5) is 0 Å². The first-order valence-corrected chi connectivity index (χ1v) is 12.1. The molecule has 0 aliphatic rings. The minimum Gasteiger partial charge on any atom is -0.480 e. The Balaban J connectivity index is 5.32. The molecule has 0 aliphatic heterocycles. The average Bonchev–Trinajstić information content (AvgIpc) is 2.79. The maximum Gasteiger partial charge on any atom is 0.326 e. The molecule has 0 saturated heterocycles. The average molecular weight is 521 g/mol. The fraction of sp³-hybridized carbons (Fsp3) is 0.684. The summed E-state index contributed by atoms with van der Waals surface area (Å²) in [4.78, 5) is 63.8. The summed E-state index contributed by atoms with van der Waals surface area (Å²) in [5.74, 6) is -4.08. The smallest absolute Gasteiger partial charge is 0.326 e. The van der Waals surface area contributed by atoms with Gasteiger partial charge in [0.1, 0.15) is 18.1 Å². The van der Waals surface area contributed by atoms with Crippen molar-refractivity contribution in [2.45, 2.75) is 56.3 Å². The van der Waals surface area contributed by atoms with Gasteiger partial charge in [0.2, 0.25) is 23.6 Å². The van der Waals surface area contributed by atoms with Crippen LogP contribution in [0.15, 0.2) is 4.99 Å². The number of aliphatic hydroxyl groups excluding tert-OH is 1. The number of nitrogens with one attached hydrogen (secondary N) is 3. The Hall–Kier alpha value is -3.11. The third kappa shape index (κ3) is 14.0. The molecular weight excluding hydrogens is 484 g/mol. The zero-order valence-corrected chi connectivity index (χ0v) is 20.4. The quantitative estimate of drug-likeness (QED) is 0.0475. The highest BCUT2D eigenvalue weighted by molar-refractivity contribution is 7.98. The van der Waals surface area contributed by atoms with Gasteiger partial charge in [-0.1, -0.05) is 0 Å². The lowest BCUT2D eigenvalue weighted by Crippen LogP contribution is -2.58. The van der Waals surface area contributed by atoms with Gasteiger partial charge >= 0.3 is 5.97 Å². The zero-order chi connectivity index (χ0) is 27.0. The van der Waals surface area contributed by atoms with E-state index in [0.717, 1.165) is 0 Å². The molecule has 200 valence electrons. The number of amides is 4. The highest BCUT2D eigenvalue weighted by atomic mass is 32.2. The summed E-state index contributed by atoms with van der Waals surface area (Å²) < 4.78 is 0. The van der Waals surface area contributed by atoms with Crippen molar-refractivity contribution in [1.29, 1.82) is 0 Å². The second kappa shape index (κ2) is 17.3. The number of nitrogens with zero attached hydrogens (tertiary/aromatic N) is 1. The largest absolute Gasteiger partial charge is 0.480 e. The fourth-order valence-corrected chi connectivity index (χ4v) is 3.20. The van der Waals surface area contributed by atoms with Gasteiger partial charge in [0.15, 0.2) is 5.96 Å². The summed E-state index contributed by atoms with van der Waals surface area (Å²) >= 11 is 1.50. The fourth-order valence-electron chi connectivity index (χ4n) is 2.71. The van der Waals surface area contributed by atoms with E-state index in [1.54, 1.807) is 0 Å². The molecule has 0 fully saturated rings. The first-order chi connectivity index (χ1) is 16.4. The summed E-state index contributed by atoms with van der Waals surface area (Å²) in [7, 11) is 0. The lowest BCUT2D eigenvalue weighted by atomic mass is 10.1. The molecule has 0 rings (SSSR count). The summed E-state index contributed by atoms with van der Waals surface area (Å²) in [6.45, 7) is -0.688. The van der Waals surface area contributed by atoms with E-state index in [1.165, 1.54) is 11.8 Å². The second-order valence-corrected chi connectivity index (χ2v) is 8.53. The molecule has 4 unspecified atom stereocenters. The van der Waals surface area contributed by atoms with E-state index in [4.69, 9.17) is 22.9 Å². The van der Waals surface area contributed by atoms with E-state index in [2.05, 4.69) is 20.9 Å². The normalized spacial score (nSPS) is 14.0. The number of carboxylic acid groups (broad SMARTS) is 1. The molecule has 15 nitrogen and oxygen atoms in total. The van der Waals surface area contributed by atoms with Crippen LogP contribution in [-0.2, 0) is 24.0 Å². The van der Waals surface area contributed by atoms with Gasteiger partial charge in [0.05, 0.1) is 12.6 Å². The van der Waals surface area contributed by atoms with Gasteiger partial charge in [0.25, 0.3) is 0 Å². The van der Waals surface area contributed by atoms with Gasteiger partial charge in [0, 0.05) is 13.0 Å². The Labute approximate surface area is 207 Å². The Morgan fingerprint density at radius 3 is 1.97 bits per heavy atom. The van der Waals surface area contributed by atoms with Crippen molar-refractivity contribution in [2.75, 3.05) is 25.2 Å². The number of hydrogen-bond acceptors (Lipinski definition) is 9. The molecule has 13 N–H and O–H groups in total. The van der Waals surface area contributed by atoms with Crippen LogP contribution in [0.2, 0.25) is 0 Å². The number of primary amides is 1. The number of hydrogen-bond donors (Lipinski definition) is 9. The minimum absolute atomic E-state index is 0.0831. The molecule has 0 aromatic rings. The topological polar surface area (TPSA) is 278 Å². The van der Waals surface area contributed by atoms with E-state index < -0.39 is 60.4 Å². The number of thioether (sulfide) groups is 1. The number of guanidine groups is 1. The Bertz CT molecular complexity index is 763. The molecule has 0 spiro atoms. The summed E-state index contributed by atoms with van der Waals surface area (Å²) in [5.41, 5.74) is 21.4. The minimum atomic E-state index is -1.53. The van der Waals surface area contributed by atoms with Crippen molar-refractivity contribution in [3.8, 4) is 0 Å². The molecule has 0 aliphatic carbocycles. The Morgan fingerprint density at radius 2 is 1.46 bits per heavy atom. The number of aliphatic hydroxyl groups is 1. The van der Waals surface area contributed by atoms with Crippen molar-refractivity contribution in [3.63, 3.8) is 0 Å². The van der Waals surface area contributed by atoms with E-state index in [-0.39, 0.29) is 31.8 Å². The van der Waals surface area contributed by atoms with Gasteiger partial charge in [-0.3, -0.25) is 24.2 Å². The number of aliphatic carboxylic acids is 1. The molecular formula is C19H36N8O7S. The molecule has 0 aromatic carbocycles. The lowest BCUT2D eigenvalue weighted by molar-refractivity contribution is -0.143. The molecule has 0 heterocycles. The van der Waals surface area contributed by atoms with Crippen molar-refractivity contribution in [2.24, 2.45) is 27.9 Å². The van der Waals surface area contributed by atoms with Crippen molar-refractivity contribution < 1.29 is 34.2 Å². The standard InChI is InChI=1S/C19H36N8O7S/c1-35-8-6-10(20)15(30)25-11(3-2-7-24-19(22)23)16(31)27-13(9-28)17(32)26-12(18(33)34)4-5-14(21)29/h10-13,28H,2-9,20H2,1H3,(H2,21,29)(H,25,30)(H,26,32)(H,27,31)(H,33,34)(H4,22,23,24). The SMILES string of the molecule is CSCCC(N)C(=O)NC(CCCN=C(N)N)C(=O)NC(CO)C(=O)NC(CCC(N)=O)C(=O)O. The van der Waals surface area contributed by atoms with Crippen molar-refractivity contribution in [3.05, 3.63) is 0 Å². The molecule has 0 saturated carbocycles. The van der Waals surface area contributed by atoms with Crippen LogP contribution in [0.3, 0.4) is 0 Å². The number of nitrogens with two attached hydrogens (primary N) is 4. The van der Waals surface area contributed by atoms with Crippen LogP contribution in [-0.4, -0.2) is 95.1 Å². The van der Waals surface area contributed by atoms with Gasteiger partial charge in [-0.05, 0) is 37.7 Å². The first kappa shape index (κ1) is 31.9. The number of carbonyl (C=O) groups is 5. The monoisotopic (exact) mass is 520 g/mol.